The molecular formula is C68H109O11P. The van der Waals surface area contributed by atoms with Crippen molar-refractivity contribution in [3.05, 3.63) is 146 Å². The number of phosphoric ester groups is 1. The summed E-state index contributed by atoms with van der Waals surface area (Å²) >= 11 is 0. The molecule has 12 heteroatoms. The van der Waals surface area contributed by atoms with E-state index in [1.807, 2.05) is 12.2 Å². The van der Waals surface area contributed by atoms with E-state index in [1.165, 1.54) is 57.8 Å². The van der Waals surface area contributed by atoms with Gasteiger partial charge in [0.15, 0.2) is 6.10 Å². The number of phosphoric acid groups is 1. The predicted molar refractivity (Wildman–Crippen MR) is 334 cm³/mol. The average Bonchev–Trinajstić information content (AvgIpc) is 3.45. The third-order valence-electron chi connectivity index (χ3n) is 12.2. The van der Waals surface area contributed by atoms with Crippen LogP contribution in [-0.2, 0) is 42.2 Å². The summed E-state index contributed by atoms with van der Waals surface area (Å²) in [6.07, 6.45) is 78.2. The van der Waals surface area contributed by atoms with Crippen molar-refractivity contribution in [1.29, 1.82) is 0 Å². The highest BCUT2D eigenvalue weighted by molar-refractivity contribution is 7.47. The van der Waals surface area contributed by atoms with Crippen molar-refractivity contribution in [2.75, 3.05) is 26.4 Å². The Bertz CT molecular complexity index is 1900. The summed E-state index contributed by atoms with van der Waals surface area (Å²) in [5.41, 5.74) is 0. The second-order valence-electron chi connectivity index (χ2n) is 19.7. The van der Waals surface area contributed by atoms with Gasteiger partial charge in [-0.1, -0.05) is 224 Å². The van der Waals surface area contributed by atoms with E-state index in [0.29, 0.717) is 25.7 Å². The Hall–Kier alpha value is -4.64. The fourth-order valence-corrected chi connectivity index (χ4v) is 8.42. The molecule has 0 aromatic carbocycles. The molecule has 0 bridgehead atoms. The molecule has 0 radical (unpaired) electrons. The predicted octanol–water partition coefficient (Wildman–Crippen LogP) is 18.7. The van der Waals surface area contributed by atoms with Gasteiger partial charge in [-0.25, -0.2) is 4.57 Å². The smallest absolute Gasteiger partial charge is 0.462 e. The first-order valence-electron chi connectivity index (χ1n) is 30.7. The largest absolute Gasteiger partial charge is 0.472 e. The zero-order valence-corrected chi connectivity index (χ0v) is 50.9. The Morgan fingerprint density at radius 2 is 0.675 bits per heavy atom. The molecule has 0 saturated carbocycles. The highest BCUT2D eigenvalue weighted by Gasteiger charge is 2.28. The molecule has 0 aromatic rings. The fourth-order valence-electron chi connectivity index (χ4n) is 7.64. The first kappa shape index (κ1) is 75.4. The van der Waals surface area contributed by atoms with E-state index in [4.69, 9.17) is 23.3 Å². The SMILES string of the molecule is CC/C=C\C/C=C\C/C=C\C/C=C\C/C=C\C/C=C\CCC(=O)OC(COC(=O)CCCC/C=C\C/C=C\C/C=C\C/C=C\CC)COP(=O)(O)OCC(CO)OC(=O)CCCCCCCCCCC/C=C\C/C=C\CCCCC. The van der Waals surface area contributed by atoms with Crippen molar-refractivity contribution >= 4 is 25.7 Å². The maximum Gasteiger partial charge on any atom is 0.472 e. The summed E-state index contributed by atoms with van der Waals surface area (Å²) in [7, 11) is -4.79. The number of esters is 3. The van der Waals surface area contributed by atoms with Crippen LogP contribution >= 0.6 is 7.82 Å². The Morgan fingerprint density at radius 3 is 1.10 bits per heavy atom. The second-order valence-corrected chi connectivity index (χ2v) is 21.2. The molecule has 0 saturated heterocycles. The number of carbonyl (C=O) groups excluding carboxylic acids is 3. The molecule has 80 heavy (non-hydrogen) atoms. The minimum absolute atomic E-state index is 0.0251. The number of ether oxygens (including phenoxy) is 3. The monoisotopic (exact) mass is 1130 g/mol. The van der Waals surface area contributed by atoms with Crippen molar-refractivity contribution in [1.82, 2.24) is 0 Å². The van der Waals surface area contributed by atoms with Crippen LogP contribution in [0.3, 0.4) is 0 Å². The lowest BCUT2D eigenvalue weighted by atomic mass is 10.1. The van der Waals surface area contributed by atoms with Gasteiger partial charge in [-0.2, -0.15) is 0 Å². The molecule has 0 aromatic heterocycles. The lowest BCUT2D eigenvalue weighted by molar-refractivity contribution is -0.161. The van der Waals surface area contributed by atoms with Gasteiger partial charge in [-0.15, -0.1) is 0 Å². The van der Waals surface area contributed by atoms with Crippen molar-refractivity contribution in [2.24, 2.45) is 0 Å². The maximum atomic E-state index is 12.9. The Labute approximate surface area is 486 Å². The maximum absolute atomic E-state index is 12.9. The van der Waals surface area contributed by atoms with E-state index in [-0.39, 0.29) is 19.3 Å². The van der Waals surface area contributed by atoms with Crippen LogP contribution in [0.1, 0.15) is 226 Å². The van der Waals surface area contributed by atoms with Crippen molar-refractivity contribution in [3.63, 3.8) is 0 Å². The van der Waals surface area contributed by atoms with Gasteiger partial charge in [0.2, 0.25) is 0 Å². The second kappa shape index (κ2) is 60.5. The summed E-state index contributed by atoms with van der Waals surface area (Å²) in [4.78, 5) is 48.6. The molecule has 0 aliphatic carbocycles. The molecule has 0 aliphatic rings. The minimum Gasteiger partial charge on any atom is -0.462 e. The molecular weight excluding hydrogens is 1020 g/mol. The molecule has 0 aliphatic heterocycles. The van der Waals surface area contributed by atoms with E-state index in [2.05, 4.69) is 154 Å². The number of aliphatic hydroxyl groups excluding tert-OH is 1. The van der Waals surface area contributed by atoms with Gasteiger partial charge < -0.3 is 24.2 Å². The van der Waals surface area contributed by atoms with Crippen LogP contribution in [0.5, 0.6) is 0 Å². The zero-order chi connectivity index (χ0) is 58.3. The number of allylic oxidation sites excluding steroid dienone is 24. The number of carbonyl (C=O) groups is 3. The Kier molecular flexibility index (Phi) is 56.9. The number of hydrogen-bond donors (Lipinski definition) is 2. The van der Waals surface area contributed by atoms with Gasteiger partial charge in [0.25, 0.3) is 0 Å². The van der Waals surface area contributed by atoms with Crippen LogP contribution in [0.4, 0.5) is 0 Å². The van der Waals surface area contributed by atoms with Gasteiger partial charge in [0.05, 0.1) is 19.8 Å². The third-order valence-corrected chi connectivity index (χ3v) is 13.2. The lowest BCUT2D eigenvalue weighted by Gasteiger charge is -2.21. The van der Waals surface area contributed by atoms with Crippen molar-refractivity contribution in [2.45, 2.75) is 238 Å². The van der Waals surface area contributed by atoms with Crippen LogP contribution in [0, 0.1) is 0 Å². The molecule has 3 unspecified atom stereocenters. The van der Waals surface area contributed by atoms with Gasteiger partial charge in [-0.05, 0) is 128 Å². The van der Waals surface area contributed by atoms with Crippen LogP contribution < -0.4 is 0 Å². The number of aliphatic hydroxyl groups is 1. The molecule has 0 spiro atoms. The standard InChI is InChI=1S/C68H109O11P/c1-4-7-10-13-16-19-22-25-28-30-32-34-37-40-43-46-49-52-55-58-67(71)78-64(60-69)62-76-80(73,74)77-63-65(61-75-66(70)57-54-51-48-45-42-39-36-27-24-21-18-15-12-9-6-3)79-68(72)59-56-53-50-47-44-41-38-35-33-31-29-26-23-20-17-14-11-8-5-2/h8-9,11-12,16-21,25-29,33,35-36,41-42,44-45,50,53,64-65,69H,4-7,10,13-15,22-24,30-32,34,37-40,43,46-49,51-52,54-63H2,1-3H3,(H,73,74)/b11-8-,12-9-,19-16-,20-17-,21-18-,28-25-,29-26-,35-33-,36-27-,44-41-,45-42-,53-50-. The Balaban J connectivity index is 4.85. The van der Waals surface area contributed by atoms with E-state index < -0.39 is 64.4 Å². The summed E-state index contributed by atoms with van der Waals surface area (Å²) in [5.74, 6) is -1.64. The molecule has 11 nitrogen and oxygen atoms in total. The average molecular weight is 1130 g/mol. The van der Waals surface area contributed by atoms with Gasteiger partial charge in [0.1, 0.15) is 12.7 Å². The highest BCUT2D eigenvalue weighted by atomic mass is 31.2. The van der Waals surface area contributed by atoms with E-state index >= 15 is 0 Å². The van der Waals surface area contributed by atoms with E-state index in [9.17, 15) is 28.9 Å². The van der Waals surface area contributed by atoms with Crippen molar-refractivity contribution < 1.29 is 52.2 Å². The first-order valence-corrected chi connectivity index (χ1v) is 32.2. The van der Waals surface area contributed by atoms with E-state index in [0.717, 1.165) is 103 Å². The normalized spacial score (nSPS) is 14.3. The van der Waals surface area contributed by atoms with Gasteiger partial charge in [0, 0.05) is 19.3 Å². The topological polar surface area (TPSA) is 155 Å². The zero-order valence-electron chi connectivity index (χ0n) is 50.0. The first-order chi connectivity index (χ1) is 39.2. The summed E-state index contributed by atoms with van der Waals surface area (Å²) in [5, 5.41) is 9.85. The van der Waals surface area contributed by atoms with Crippen molar-refractivity contribution in [3.8, 4) is 0 Å². The molecule has 0 amide bonds. The molecule has 2 N–H and O–H groups in total. The fraction of sp³-hybridized carbons (Fsp3) is 0.603. The number of unbranched alkanes of at least 4 members (excludes halogenated alkanes) is 14. The molecule has 452 valence electrons. The summed E-state index contributed by atoms with van der Waals surface area (Å²) in [6, 6.07) is 0. The molecule has 0 heterocycles. The van der Waals surface area contributed by atoms with Crippen LogP contribution in [0.15, 0.2) is 146 Å². The number of hydrogen-bond acceptors (Lipinski definition) is 10. The minimum atomic E-state index is -4.79. The molecule has 0 rings (SSSR count). The quantitative estimate of drug-likeness (QED) is 0.0197. The highest BCUT2D eigenvalue weighted by Crippen LogP contribution is 2.43. The lowest BCUT2D eigenvalue weighted by Crippen LogP contribution is -2.30. The molecule has 0 fully saturated rings. The van der Waals surface area contributed by atoms with Gasteiger partial charge >= 0.3 is 25.7 Å². The third kappa shape index (κ3) is 58.0. The van der Waals surface area contributed by atoms with Gasteiger partial charge in [-0.3, -0.25) is 23.4 Å². The summed E-state index contributed by atoms with van der Waals surface area (Å²) in [6.45, 7) is 4.25. The van der Waals surface area contributed by atoms with Crippen LogP contribution in [0.25, 0.3) is 0 Å². The van der Waals surface area contributed by atoms with Crippen LogP contribution in [-0.4, -0.2) is 66.5 Å². The number of rotatable bonds is 55. The molecule has 3 atom stereocenters. The summed E-state index contributed by atoms with van der Waals surface area (Å²) < 4.78 is 39.5. The Morgan fingerprint density at radius 1 is 0.362 bits per heavy atom. The van der Waals surface area contributed by atoms with Crippen LogP contribution in [0.2, 0.25) is 0 Å². The van der Waals surface area contributed by atoms with E-state index in [1.54, 1.807) is 0 Å².